The summed E-state index contributed by atoms with van der Waals surface area (Å²) in [6, 6.07) is 16.4. The van der Waals surface area contributed by atoms with Crippen LogP contribution in [-0.4, -0.2) is 11.4 Å². The Morgan fingerprint density at radius 2 is 0.900 bits per heavy atom. The van der Waals surface area contributed by atoms with Gasteiger partial charge in [-0.15, -0.1) is 0 Å². The highest BCUT2D eigenvalue weighted by Gasteiger charge is 1.99. The molecule has 0 bridgehead atoms. The topological polar surface area (TPSA) is 24.7 Å². The summed E-state index contributed by atoms with van der Waals surface area (Å²) in [5.74, 6) is 0. The minimum atomic E-state index is 0.939. The molecule has 2 nitrogen and oxygen atoms in total. The van der Waals surface area contributed by atoms with E-state index in [-0.39, 0.29) is 0 Å². The van der Waals surface area contributed by atoms with Crippen LogP contribution in [0.5, 0.6) is 0 Å². The molecule has 0 atom stereocenters. The number of hydrogen-bond acceptors (Lipinski definition) is 2. The minimum absolute atomic E-state index is 0.939. The second kappa shape index (κ2) is 6.29. The van der Waals surface area contributed by atoms with Gasteiger partial charge in [0.15, 0.2) is 0 Å². The lowest BCUT2D eigenvalue weighted by Gasteiger charge is -2.02. The van der Waals surface area contributed by atoms with Gasteiger partial charge in [0.1, 0.15) is 0 Å². The molecule has 0 aliphatic carbocycles. The van der Waals surface area contributed by atoms with Crippen LogP contribution in [0.3, 0.4) is 0 Å². The number of nitrogens with zero attached hydrogens (tertiary/aromatic N) is 2. The summed E-state index contributed by atoms with van der Waals surface area (Å²) in [4.78, 5) is 9.20. The van der Waals surface area contributed by atoms with E-state index in [4.69, 9.17) is 0 Å². The molecule has 0 spiro atoms. The molecule has 0 heterocycles. The van der Waals surface area contributed by atoms with E-state index < -0.39 is 0 Å². The van der Waals surface area contributed by atoms with E-state index in [1.165, 1.54) is 11.1 Å². The average molecular weight is 264 g/mol. The number of hydrogen-bond donors (Lipinski definition) is 0. The minimum Gasteiger partial charge on any atom is -0.252 e. The van der Waals surface area contributed by atoms with Crippen molar-refractivity contribution in [3.8, 4) is 0 Å². The molecular formula is C18H20N2. The average Bonchev–Trinajstić information content (AvgIpc) is 2.44. The van der Waals surface area contributed by atoms with E-state index in [0.717, 1.165) is 22.8 Å². The van der Waals surface area contributed by atoms with Gasteiger partial charge in [0.25, 0.3) is 0 Å². The van der Waals surface area contributed by atoms with Gasteiger partial charge in [-0.3, -0.25) is 9.98 Å². The normalized spacial score (nSPS) is 12.6. The van der Waals surface area contributed by atoms with Crippen LogP contribution >= 0.6 is 0 Å². The molecule has 0 N–H and O–H groups in total. The molecule has 0 aliphatic heterocycles. The van der Waals surface area contributed by atoms with Crippen LogP contribution in [0.4, 0.5) is 11.4 Å². The zero-order valence-corrected chi connectivity index (χ0v) is 12.5. The van der Waals surface area contributed by atoms with Gasteiger partial charge in [-0.1, -0.05) is 35.4 Å². The highest BCUT2D eigenvalue weighted by Crippen LogP contribution is 2.15. The SMILES string of the molecule is CC(=N\c1ccc(C)cc1)/C(C)=N/c1ccc(C)cc1. The van der Waals surface area contributed by atoms with Crippen LogP contribution in [0.1, 0.15) is 25.0 Å². The van der Waals surface area contributed by atoms with Crippen molar-refractivity contribution in [3.63, 3.8) is 0 Å². The molecule has 2 heteroatoms. The second-order valence-electron chi connectivity index (χ2n) is 5.07. The lowest BCUT2D eigenvalue weighted by atomic mass is 10.2. The third-order valence-electron chi connectivity index (χ3n) is 3.19. The Balaban J connectivity index is 2.21. The summed E-state index contributed by atoms with van der Waals surface area (Å²) >= 11 is 0. The third kappa shape index (κ3) is 3.89. The fourth-order valence-corrected chi connectivity index (χ4v) is 1.79. The Labute approximate surface area is 120 Å². The summed E-state index contributed by atoms with van der Waals surface area (Å²) in [6.07, 6.45) is 0. The van der Waals surface area contributed by atoms with Crippen molar-refractivity contribution < 1.29 is 0 Å². The van der Waals surface area contributed by atoms with Crippen molar-refractivity contribution in [2.75, 3.05) is 0 Å². The predicted molar refractivity (Wildman–Crippen MR) is 87.9 cm³/mol. The first-order chi connectivity index (χ1) is 9.54. The summed E-state index contributed by atoms with van der Waals surface area (Å²) in [6.45, 7) is 8.13. The molecule has 2 aromatic carbocycles. The maximum absolute atomic E-state index is 4.60. The van der Waals surface area contributed by atoms with Crippen LogP contribution in [0.2, 0.25) is 0 Å². The molecular weight excluding hydrogens is 244 g/mol. The van der Waals surface area contributed by atoms with Gasteiger partial charge in [-0.2, -0.15) is 0 Å². The van der Waals surface area contributed by atoms with Gasteiger partial charge in [0.05, 0.1) is 22.8 Å². The second-order valence-corrected chi connectivity index (χ2v) is 5.07. The van der Waals surface area contributed by atoms with Crippen molar-refractivity contribution in [2.24, 2.45) is 9.98 Å². The Morgan fingerprint density at radius 1 is 0.600 bits per heavy atom. The van der Waals surface area contributed by atoms with Gasteiger partial charge in [-0.25, -0.2) is 0 Å². The van der Waals surface area contributed by atoms with Gasteiger partial charge >= 0.3 is 0 Å². The summed E-state index contributed by atoms with van der Waals surface area (Å²) < 4.78 is 0. The lowest BCUT2D eigenvalue weighted by molar-refractivity contribution is 1.42. The fraction of sp³-hybridized carbons (Fsp3) is 0.222. The lowest BCUT2D eigenvalue weighted by Crippen LogP contribution is -2.04. The van der Waals surface area contributed by atoms with Crippen LogP contribution in [-0.2, 0) is 0 Å². The van der Waals surface area contributed by atoms with Gasteiger partial charge in [0.2, 0.25) is 0 Å². The molecule has 0 amide bonds. The zero-order valence-electron chi connectivity index (χ0n) is 12.5. The van der Waals surface area contributed by atoms with E-state index in [2.05, 4.69) is 48.1 Å². The molecule has 0 saturated carbocycles. The smallest absolute Gasteiger partial charge is 0.0633 e. The van der Waals surface area contributed by atoms with Crippen molar-refractivity contribution in [1.82, 2.24) is 0 Å². The third-order valence-corrected chi connectivity index (χ3v) is 3.19. The molecule has 102 valence electrons. The van der Waals surface area contributed by atoms with E-state index >= 15 is 0 Å². The first-order valence-corrected chi connectivity index (χ1v) is 6.79. The number of aliphatic imine (C=N–C) groups is 2. The molecule has 2 rings (SSSR count). The van der Waals surface area contributed by atoms with Gasteiger partial charge in [0, 0.05) is 0 Å². The number of aryl methyl sites for hydroxylation is 2. The molecule has 0 aliphatic rings. The first kappa shape index (κ1) is 14.2. The van der Waals surface area contributed by atoms with Crippen molar-refractivity contribution >= 4 is 22.8 Å². The van der Waals surface area contributed by atoms with Crippen LogP contribution in [0.15, 0.2) is 58.5 Å². The Hall–Kier alpha value is -2.22. The zero-order chi connectivity index (χ0) is 14.5. The summed E-state index contributed by atoms with van der Waals surface area (Å²) in [7, 11) is 0. The highest BCUT2D eigenvalue weighted by molar-refractivity contribution is 6.41. The van der Waals surface area contributed by atoms with Gasteiger partial charge < -0.3 is 0 Å². The molecule has 0 aromatic heterocycles. The van der Waals surface area contributed by atoms with Crippen LogP contribution in [0, 0.1) is 13.8 Å². The van der Waals surface area contributed by atoms with Gasteiger partial charge in [-0.05, 0) is 52.0 Å². The fourth-order valence-electron chi connectivity index (χ4n) is 1.79. The maximum atomic E-state index is 4.60. The molecule has 2 aromatic rings. The van der Waals surface area contributed by atoms with E-state index in [0.29, 0.717) is 0 Å². The maximum Gasteiger partial charge on any atom is 0.0633 e. The van der Waals surface area contributed by atoms with Crippen molar-refractivity contribution in [3.05, 3.63) is 59.7 Å². The monoisotopic (exact) mass is 264 g/mol. The van der Waals surface area contributed by atoms with Crippen molar-refractivity contribution in [1.29, 1.82) is 0 Å². The largest absolute Gasteiger partial charge is 0.252 e. The number of rotatable bonds is 3. The van der Waals surface area contributed by atoms with Crippen LogP contribution in [0.25, 0.3) is 0 Å². The predicted octanol–water partition coefficient (Wildman–Crippen LogP) is 5.19. The first-order valence-electron chi connectivity index (χ1n) is 6.79. The standard InChI is InChI=1S/C18H20N2/c1-13-5-9-17(10-6-13)19-15(3)16(4)20-18-11-7-14(2)8-12-18/h5-12H,1-4H3/b19-15+,20-16+. The van der Waals surface area contributed by atoms with Crippen molar-refractivity contribution in [2.45, 2.75) is 27.7 Å². The number of benzene rings is 2. The Bertz CT molecular complexity index is 573. The quantitative estimate of drug-likeness (QED) is 0.682. The molecule has 0 radical (unpaired) electrons. The Morgan fingerprint density at radius 3 is 1.20 bits per heavy atom. The summed E-state index contributed by atoms with van der Waals surface area (Å²) in [5.41, 5.74) is 6.29. The summed E-state index contributed by atoms with van der Waals surface area (Å²) in [5, 5.41) is 0. The van der Waals surface area contributed by atoms with Crippen LogP contribution < -0.4 is 0 Å². The van der Waals surface area contributed by atoms with E-state index in [1.54, 1.807) is 0 Å². The highest BCUT2D eigenvalue weighted by atomic mass is 14.8. The molecule has 20 heavy (non-hydrogen) atoms. The van der Waals surface area contributed by atoms with E-state index in [1.807, 2.05) is 38.1 Å². The molecule has 0 saturated heterocycles. The molecule has 0 unspecified atom stereocenters. The molecule has 0 fully saturated rings. The van der Waals surface area contributed by atoms with E-state index in [9.17, 15) is 0 Å². The Kier molecular flexibility index (Phi) is 4.46.